The second-order valence-corrected chi connectivity index (χ2v) is 7.17. The maximum atomic E-state index is 11.4. The summed E-state index contributed by atoms with van der Waals surface area (Å²) in [4.78, 5) is 0. The Morgan fingerprint density at radius 1 is 1.53 bits per heavy atom. The molecule has 8 heteroatoms. The van der Waals surface area contributed by atoms with Gasteiger partial charge in [-0.05, 0) is 13.8 Å². The molecule has 0 spiro atoms. The average molecular weight is 260 g/mol. The third-order valence-electron chi connectivity index (χ3n) is 2.80. The van der Waals surface area contributed by atoms with Gasteiger partial charge in [0.1, 0.15) is 5.69 Å². The molecule has 1 aromatic rings. The van der Waals surface area contributed by atoms with Crippen LogP contribution in [0.5, 0.6) is 0 Å². The Labute approximate surface area is 99.5 Å². The number of nitrogens with zero attached hydrogens (tertiary/aromatic N) is 3. The highest BCUT2D eigenvalue weighted by atomic mass is 32.2. The first-order valence-corrected chi connectivity index (χ1v) is 7.11. The fourth-order valence-electron chi connectivity index (χ4n) is 1.80. The zero-order valence-electron chi connectivity index (χ0n) is 9.74. The predicted octanol–water partition coefficient (Wildman–Crippen LogP) is -1.20. The molecular formula is C9H16N4O3S. The molecule has 1 aromatic heterocycles. The lowest BCUT2D eigenvalue weighted by Crippen LogP contribution is -2.29. The van der Waals surface area contributed by atoms with Crippen LogP contribution in [-0.4, -0.2) is 46.1 Å². The Balaban J connectivity index is 2.28. The Morgan fingerprint density at radius 3 is 2.59 bits per heavy atom. The zero-order chi connectivity index (χ0) is 12.8. The minimum absolute atomic E-state index is 0.109. The third-order valence-corrected chi connectivity index (χ3v) is 4.50. The van der Waals surface area contributed by atoms with Gasteiger partial charge in [0.2, 0.25) is 0 Å². The summed E-state index contributed by atoms with van der Waals surface area (Å²) in [5.41, 5.74) is 5.79. The van der Waals surface area contributed by atoms with Gasteiger partial charge >= 0.3 is 0 Å². The number of aliphatic hydroxyl groups is 1. The van der Waals surface area contributed by atoms with E-state index < -0.39 is 27.5 Å². The second-order valence-electron chi connectivity index (χ2n) is 5.02. The van der Waals surface area contributed by atoms with Gasteiger partial charge < -0.3 is 10.8 Å². The Morgan fingerprint density at radius 2 is 2.18 bits per heavy atom. The van der Waals surface area contributed by atoms with Gasteiger partial charge in [-0.3, -0.25) is 0 Å². The van der Waals surface area contributed by atoms with Gasteiger partial charge in [-0.2, -0.15) is 0 Å². The van der Waals surface area contributed by atoms with Crippen molar-refractivity contribution in [1.82, 2.24) is 15.0 Å². The van der Waals surface area contributed by atoms with Crippen molar-refractivity contribution in [3.63, 3.8) is 0 Å². The summed E-state index contributed by atoms with van der Waals surface area (Å²) in [6, 6.07) is -0.566. The summed E-state index contributed by atoms with van der Waals surface area (Å²) in [6.07, 6.45) is 0.657. The molecule has 0 bridgehead atoms. The highest BCUT2D eigenvalue weighted by molar-refractivity contribution is 7.91. The SMILES string of the molecule is CC(C)(N)c1cn(C2CS(=O)(=O)CC2O)nn1. The fourth-order valence-corrected chi connectivity index (χ4v) is 3.57. The average Bonchev–Trinajstić information content (AvgIpc) is 2.68. The van der Waals surface area contributed by atoms with Crippen molar-refractivity contribution in [2.24, 2.45) is 5.73 Å². The zero-order valence-corrected chi connectivity index (χ0v) is 10.6. The Hall–Kier alpha value is -0.990. The van der Waals surface area contributed by atoms with E-state index >= 15 is 0 Å². The van der Waals surface area contributed by atoms with Crippen LogP contribution < -0.4 is 5.73 Å². The monoisotopic (exact) mass is 260 g/mol. The third kappa shape index (κ3) is 2.48. The van der Waals surface area contributed by atoms with Crippen LogP contribution in [0.3, 0.4) is 0 Å². The minimum atomic E-state index is -3.19. The molecule has 0 aliphatic carbocycles. The minimum Gasteiger partial charge on any atom is -0.390 e. The number of hydrogen-bond acceptors (Lipinski definition) is 6. The summed E-state index contributed by atoms with van der Waals surface area (Å²) in [5.74, 6) is -0.332. The van der Waals surface area contributed by atoms with E-state index in [1.165, 1.54) is 4.68 Å². The van der Waals surface area contributed by atoms with E-state index in [1.807, 2.05) is 0 Å². The Bertz CT molecular complexity index is 517. The Kier molecular flexibility index (Phi) is 2.75. The first-order chi connectivity index (χ1) is 7.69. The van der Waals surface area contributed by atoms with E-state index in [-0.39, 0.29) is 11.5 Å². The van der Waals surface area contributed by atoms with E-state index in [2.05, 4.69) is 10.3 Å². The maximum absolute atomic E-state index is 11.4. The van der Waals surface area contributed by atoms with Gasteiger partial charge in [0, 0.05) is 0 Å². The maximum Gasteiger partial charge on any atom is 0.155 e. The largest absolute Gasteiger partial charge is 0.390 e. The molecule has 2 unspecified atom stereocenters. The van der Waals surface area contributed by atoms with Gasteiger partial charge in [-0.15, -0.1) is 5.10 Å². The molecule has 7 nitrogen and oxygen atoms in total. The van der Waals surface area contributed by atoms with Crippen molar-refractivity contribution in [3.8, 4) is 0 Å². The molecule has 2 atom stereocenters. The van der Waals surface area contributed by atoms with Crippen molar-refractivity contribution in [2.45, 2.75) is 31.5 Å². The summed E-state index contributed by atoms with van der Waals surface area (Å²) in [5, 5.41) is 17.4. The van der Waals surface area contributed by atoms with Crippen molar-refractivity contribution in [3.05, 3.63) is 11.9 Å². The molecule has 1 saturated heterocycles. The molecule has 17 heavy (non-hydrogen) atoms. The van der Waals surface area contributed by atoms with Crippen LogP contribution in [-0.2, 0) is 15.4 Å². The van der Waals surface area contributed by atoms with Crippen LogP contribution in [0.25, 0.3) is 0 Å². The molecule has 2 rings (SSSR count). The van der Waals surface area contributed by atoms with Crippen molar-refractivity contribution >= 4 is 9.84 Å². The smallest absolute Gasteiger partial charge is 0.155 e. The number of sulfone groups is 1. The molecule has 0 amide bonds. The molecule has 2 heterocycles. The lowest BCUT2D eigenvalue weighted by atomic mass is 10.0. The van der Waals surface area contributed by atoms with Crippen LogP contribution in [0.15, 0.2) is 6.20 Å². The van der Waals surface area contributed by atoms with E-state index in [4.69, 9.17) is 5.73 Å². The molecular weight excluding hydrogens is 244 g/mol. The van der Waals surface area contributed by atoms with Crippen molar-refractivity contribution < 1.29 is 13.5 Å². The van der Waals surface area contributed by atoms with Gasteiger partial charge in [-0.1, -0.05) is 5.21 Å². The van der Waals surface area contributed by atoms with Crippen LogP contribution in [0, 0.1) is 0 Å². The van der Waals surface area contributed by atoms with Crippen molar-refractivity contribution in [1.29, 1.82) is 0 Å². The predicted molar refractivity (Wildman–Crippen MR) is 60.9 cm³/mol. The summed E-state index contributed by atoms with van der Waals surface area (Å²) in [6.45, 7) is 3.56. The molecule has 1 aliphatic heterocycles. The van der Waals surface area contributed by atoms with E-state index in [0.717, 1.165) is 0 Å². The second kappa shape index (κ2) is 3.76. The molecule has 0 radical (unpaired) electrons. The topological polar surface area (TPSA) is 111 Å². The highest BCUT2D eigenvalue weighted by Crippen LogP contribution is 2.24. The quantitative estimate of drug-likeness (QED) is 0.691. The molecule has 3 N–H and O–H groups in total. The molecule has 1 fully saturated rings. The molecule has 0 aromatic carbocycles. The highest BCUT2D eigenvalue weighted by Gasteiger charge is 2.38. The molecule has 1 aliphatic rings. The number of rotatable bonds is 2. The van der Waals surface area contributed by atoms with E-state index in [1.54, 1.807) is 20.0 Å². The molecule has 0 saturated carbocycles. The van der Waals surface area contributed by atoms with Crippen LogP contribution in [0.4, 0.5) is 0 Å². The first-order valence-electron chi connectivity index (χ1n) is 5.29. The first kappa shape index (κ1) is 12.5. The number of hydrogen-bond donors (Lipinski definition) is 2. The lowest BCUT2D eigenvalue weighted by molar-refractivity contribution is 0.145. The normalized spacial score (nSPS) is 28.5. The summed E-state index contributed by atoms with van der Waals surface area (Å²) in [7, 11) is -3.19. The van der Waals surface area contributed by atoms with Gasteiger partial charge in [0.25, 0.3) is 0 Å². The number of aliphatic hydroxyl groups excluding tert-OH is 1. The van der Waals surface area contributed by atoms with Crippen molar-refractivity contribution in [2.75, 3.05) is 11.5 Å². The van der Waals surface area contributed by atoms with Crippen LogP contribution >= 0.6 is 0 Å². The summed E-state index contributed by atoms with van der Waals surface area (Å²) < 4.78 is 24.2. The number of aromatic nitrogens is 3. The standard InChI is InChI=1S/C9H16N4O3S/c1-9(2,10)8-3-13(12-11-8)6-4-17(15,16)5-7(6)14/h3,6-7,14H,4-5,10H2,1-2H3. The van der Waals surface area contributed by atoms with Gasteiger partial charge in [0.15, 0.2) is 9.84 Å². The molecule has 96 valence electrons. The fraction of sp³-hybridized carbons (Fsp3) is 0.778. The summed E-state index contributed by atoms with van der Waals surface area (Å²) >= 11 is 0. The van der Waals surface area contributed by atoms with Crippen LogP contribution in [0.1, 0.15) is 25.6 Å². The van der Waals surface area contributed by atoms with Crippen LogP contribution in [0.2, 0.25) is 0 Å². The van der Waals surface area contributed by atoms with E-state index in [9.17, 15) is 13.5 Å². The number of nitrogens with two attached hydrogens (primary N) is 1. The van der Waals surface area contributed by atoms with Gasteiger partial charge in [0.05, 0.1) is 35.4 Å². The lowest BCUT2D eigenvalue weighted by Gasteiger charge is -2.14. The van der Waals surface area contributed by atoms with Gasteiger partial charge in [-0.25, -0.2) is 13.1 Å². The van der Waals surface area contributed by atoms with E-state index in [0.29, 0.717) is 5.69 Å².